The first-order valence-electron chi connectivity index (χ1n) is 2.95. The second-order valence-electron chi connectivity index (χ2n) is 1.84. The van der Waals surface area contributed by atoms with Crippen molar-refractivity contribution in [3.63, 3.8) is 0 Å². The van der Waals surface area contributed by atoms with Crippen molar-refractivity contribution < 1.29 is 9.53 Å². The first-order valence-corrected chi connectivity index (χ1v) is 3.75. The highest BCUT2D eigenvalue weighted by molar-refractivity contribution is 9.10. The van der Waals surface area contributed by atoms with Crippen LogP contribution in [0.15, 0.2) is 16.7 Å². The molecular formula is C7H3BrN2O2. The van der Waals surface area contributed by atoms with Crippen LogP contribution in [0.2, 0.25) is 0 Å². The number of aromatic nitrogens is 1. The van der Waals surface area contributed by atoms with E-state index in [-0.39, 0.29) is 5.69 Å². The van der Waals surface area contributed by atoms with Crippen molar-refractivity contribution in [2.45, 2.75) is 0 Å². The Morgan fingerprint density at radius 1 is 1.67 bits per heavy atom. The third kappa shape index (κ3) is 1.80. The number of pyridine rings is 1. The van der Waals surface area contributed by atoms with Gasteiger partial charge in [0.2, 0.25) is 0 Å². The fourth-order valence-electron chi connectivity index (χ4n) is 0.626. The first-order chi connectivity index (χ1) is 5.77. The molecular weight excluding hydrogens is 224 g/mol. The van der Waals surface area contributed by atoms with Crippen molar-refractivity contribution in [2.24, 2.45) is 0 Å². The summed E-state index contributed by atoms with van der Waals surface area (Å²) in [6.45, 7) is 0. The molecule has 0 radical (unpaired) electrons. The number of halogens is 1. The number of hydrogen-bond donors (Lipinski definition) is 0. The number of carbonyl (C=O) groups is 1. The maximum atomic E-state index is 10.2. The number of rotatable bonds is 2. The summed E-state index contributed by atoms with van der Waals surface area (Å²) in [6, 6.07) is 2.95. The molecule has 0 aromatic carbocycles. The molecule has 0 aliphatic rings. The van der Waals surface area contributed by atoms with Crippen molar-refractivity contribution in [3.05, 3.63) is 22.4 Å². The van der Waals surface area contributed by atoms with Crippen LogP contribution < -0.4 is 4.74 Å². The van der Waals surface area contributed by atoms with Gasteiger partial charge in [0.15, 0.2) is 16.6 Å². The van der Waals surface area contributed by atoms with Gasteiger partial charge in [-0.05, 0) is 28.1 Å². The second kappa shape index (κ2) is 3.83. The van der Waals surface area contributed by atoms with Gasteiger partial charge < -0.3 is 4.74 Å². The molecule has 0 spiro atoms. The maximum absolute atomic E-state index is 10.2. The van der Waals surface area contributed by atoms with Gasteiger partial charge in [0, 0.05) is 0 Å². The van der Waals surface area contributed by atoms with Crippen LogP contribution in [0.1, 0.15) is 10.5 Å². The van der Waals surface area contributed by atoms with Crippen molar-refractivity contribution in [3.8, 4) is 12.0 Å². The van der Waals surface area contributed by atoms with Crippen molar-refractivity contribution in [1.82, 2.24) is 4.98 Å². The molecule has 0 aliphatic carbocycles. The van der Waals surface area contributed by atoms with E-state index in [4.69, 9.17) is 5.26 Å². The molecule has 0 saturated heterocycles. The lowest BCUT2D eigenvalue weighted by Crippen LogP contribution is -1.90. The van der Waals surface area contributed by atoms with Gasteiger partial charge in [-0.15, -0.1) is 5.26 Å². The highest BCUT2D eigenvalue weighted by Gasteiger charge is 2.02. The summed E-state index contributed by atoms with van der Waals surface area (Å²) in [5.74, 6) is 0.295. The lowest BCUT2D eigenvalue weighted by atomic mass is 10.4. The minimum absolute atomic E-state index is 0.284. The van der Waals surface area contributed by atoms with E-state index >= 15 is 0 Å². The Hall–Kier alpha value is -1.41. The van der Waals surface area contributed by atoms with Crippen LogP contribution in [0.25, 0.3) is 0 Å². The van der Waals surface area contributed by atoms with E-state index in [0.717, 1.165) is 0 Å². The summed E-state index contributed by atoms with van der Waals surface area (Å²) in [4.78, 5) is 14.0. The minimum atomic E-state index is 0.284. The largest absolute Gasteiger partial charge is 0.385 e. The van der Waals surface area contributed by atoms with E-state index in [1.54, 1.807) is 0 Å². The number of nitrogens with zero attached hydrogens (tertiary/aromatic N) is 2. The lowest BCUT2D eigenvalue weighted by Gasteiger charge is -1.97. The molecule has 60 valence electrons. The fraction of sp³-hybridized carbons (Fsp3) is 0. The zero-order valence-corrected chi connectivity index (χ0v) is 7.41. The minimum Gasteiger partial charge on any atom is -0.385 e. The van der Waals surface area contributed by atoms with Crippen LogP contribution in [0, 0.1) is 11.5 Å². The Labute approximate surface area is 76.9 Å². The second-order valence-corrected chi connectivity index (χ2v) is 2.59. The molecule has 0 amide bonds. The van der Waals surface area contributed by atoms with Gasteiger partial charge in [0.25, 0.3) is 6.26 Å². The Bertz CT molecular complexity index is 346. The Kier molecular flexibility index (Phi) is 2.77. The Balaban J connectivity index is 3.04. The first kappa shape index (κ1) is 8.68. The predicted molar refractivity (Wildman–Crippen MR) is 43.6 cm³/mol. The van der Waals surface area contributed by atoms with E-state index in [9.17, 15) is 4.79 Å². The Morgan fingerprint density at radius 2 is 2.42 bits per heavy atom. The quantitative estimate of drug-likeness (QED) is 0.436. The number of hydrogen-bond acceptors (Lipinski definition) is 4. The third-order valence-corrected chi connectivity index (χ3v) is 1.68. The molecule has 1 heterocycles. The summed E-state index contributed by atoms with van der Waals surface area (Å²) in [5, 5.41) is 8.18. The standard InChI is InChI=1S/C7H3BrN2O2/c8-7-6(12-4-9)2-1-5(3-11)10-7/h1-3H. The molecule has 12 heavy (non-hydrogen) atoms. The molecule has 0 unspecified atom stereocenters. The van der Waals surface area contributed by atoms with E-state index in [2.05, 4.69) is 25.7 Å². The smallest absolute Gasteiger partial charge is 0.292 e. The molecule has 1 rings (SSSR count). The van der Waals surface area contributed by atoms with E-state index in [0.29, 0.717) is 16.6 Å². The van der Waals surface area contributed by atoms with Crippen LogP contribution in [0.4, 0.5) is 0 Å². The SMILES string of the molecule is N#COc1ccc(C=O)nc1Br. The third-order valence-electron chi connectivity index (χ3n) is 1.11. The van der Waals surface area contributed by atoms with Crippen LogP contribution in [-0.4, -0.2) is 11.3 Å². The zero-order chi connectivity index (χ0) is 8.97. The number of carbonyl (C=O) groups excluding carboxylic acids is 1. The molecule has 0 atom stereocenters. The average molecular weight is 227 g/mol. The summed E-state index contributed by atoms with van der Waals surface area (Å²) in [5.41, 5.74) is 0.284. The lowest BCUT2D eigenvalue weighted by molar-refractivity contribution is 0.111. The van der Waals surface area contributed by atoms with Crippen molar-refractivity contribution >= 4 is 22.2 Å². The van der Waals surface area contributed by atoms with E-state index in [1.165, 1.54) is 18.4 Å². The fourth-order valence-corrected chi connectivity index (χ4v) is 1.04. The van der Waals surface area contributed by atoms with Crippen molar-refractivity contribution in [1.29, 1.82) is 5.26 Å². The average Bonchev–Trinajstić information content (AvgIpc) is 2.09. The molecule has 0 N–H and O–H groups in total. The Morgan fingerprint density at radius 3 is 2.92 bits per heavy atom. The number of nitriles is 1. The van der Waals surface area contributed by atoms with Gasteiger partial charge in [0.05, 0.1) is 0 Å². The summed E-state index contributed by atoms with van der Waals surface area (Å²) in [6.07, 6.45) is 2.12. The number of ether oxygens (including phenoxy) is 1. The molecule has 4 nitrogen and oxygen atoms in total. The van der Waals surface area contributed by atoms with Gasteiger partial charge in [-0.2, -0.15) is 0 Å². The molecule has 1 aromatic rings. The number of aldehydes is 1. The van der Waals surface area contributed by atoms with E-state index < -0.39 is 0 Å². The molecule has 0 aliphatic heterocycles. The van der Waals surface area contributed by atoms with Gasteiger partial charge >= 0.3 is 0 Å². The van der Waals surface area contributed by atoms with E-state index in [1.807, 2.05) is 0 Å². The van der Waals surface area contributed by atoms with Crippen LogP contribution in [0.3, 0.4) is 0 Å². The van der Waals surface area contributed by atoms with Crippen LogP contribution in [-0.2, 0) is 0 Å². The van der Waals surface area contributed by atoms with Crippen molar-refractivity contribution in [2.75, 3.05) is 0 Å². The molecule has 0 fully saturated rings. The maximum Gasteiger partial charge on any atom is 0.292 e. The molecule has 0 saturated carbocycles. The summed E-state index contributed by atoms with van der Waals surface area (Å²) < 4.78 is 4.86. The summed E-state index contributed by atoms with van der Waals surface area (Å²) in [7, 11) is 0. The van der Waals surface area contributed by atoms with Gasteiger partial charge in [0.1, 0.15) is 5.69 Å². The monoisotopic (exact) mass is 226 g/mol. The molecule has 0 bridgehead atoms. The van der Waals surface area contributed by atoms with Crippen LogP contribution in [0.5, 0.6) is 5.75 Å². The zero-order valence-electron chi connectivity index (χ0n) is 5.82. The summed E-state index contributed by atoms with van der Waals surface area (Å²) >= 11 is 3.04. The predicted octanol–water partition coefficient (Wildman–Crippen LogP) is 1.52. The topological polar surface area (TPSA) is 63.0 Å². The molecule has 5 heteroatoms. The van der Waals surface area contributed by atoms with Gasteiger partial charge in [-0.25, -0.2) is 4.98 Å². The highest BCUT2D eigenvalue weighted by Crippen LogP contribution is 2.21. The molecule has 1 aromatic heterocycles. The van der Waals surface area contributed by atoms with Gasteiger partial charge in [-0.1, -0.05) is 0 Å². The van der Waals surface area contributed by atoms with Gasteiger partial charge in [-0.3, -0.25) is 4.79 Å². The van der Waals surface area contributed by atoms with Crippen LogP contribution >= 0.6 is 15.9 Å². The highest BCUT2D eigenvalue weighted by atomic mass is 79.9. The normalized spacial score (nSPS) is 8.67.